The summed E-state index contributed by atoms with van der Waals surface area (Å²) in [6.45, 7) is 10.6. The zero-order chi connectivity index (χ0) is 15.6. The largest absolute Gasteiger partial charge is 0.485 e. The van der Waals surface area contributed by atoms with Crippen molar-refractivity contribution in [3.05, 3.63) is 51.2 Å². The van der Waals surface area contributed by atoms with Crippen LogP contribution in [-0.4, -0.2) is 12.4 Å². The fraction of sp³-hybridized carbons (Fsp3) is 0.389. The van der Waals surface area contributed by atoms with Crippen molar-refractivity contribution in [2.75, 3.05) is 6.61 Å². The molecule has 3 heteroatoms. The quantitative estimate of drug-likeness (QED) is 0.749. The predicted octanol–water partition coefficient (Wildman–Crippen LogP) is 4.92. The number of carbonyl (C=O) groups is 1. The van der Waals surface area contributed by atoms with Gasteiger partial charge in [-0.2, -0.15) is 0 Å². The Kier molecular flexibility index (Phi) is 4.52. The molecule has 2 aromatic rings. The number of aryl methyl sites for hydroxylation is 2. The van der Waals surface area contributed by atoms with Gasteiger partial charge in [-0.15, -0.1) is 11.3 Å². The smallest absolute Gasteiger partial charge is 0.210 e. The van der Waals surface area contributed by atoms with Gasteiger partial charge >= 0.3 is 0 Å². The maximum Gasteiger partial charge on any atom is 0.210 e. The van der Waals surface area contributed by atoms with Crippen LogP contribution in [0.3, 0.4) is 0 Å². The minimum Gasteiger partial charge on any atom is -0.485 e. The lowest BCUT2D eigenvalue weighted by atomic mass is 9.85. The number of thiophene rings is 1. The first-order valence-electron chi connectivity index (χ1n) is 7.11. The Balaban J connectivity index is 2.15. The van der Waals surface area contributed by atoms with Crippen LogP contribution < -0.4 is 4.74 Å². The van der Waals surface area contributed by atoms with Gasteiger partial charge in [-0.25, -0.2) is 0 Å². The Morgan fingerprint density at radius 3 is 2.43 bits per heavy atom. The van der Waals surface area contributed by atoms with Crippen molar-refractivity contribution in [2.24, 2.45) is 0 Å². The molecule has 21 heavy (non-hydrogen) atoms. The molecule has 0 fully saturated rings. The van der Waals surface area contributed by atoms with Crippen molar-refractivity contribution in [3.63, 3.8) is 0 Å². The van der Waals surface area contributed by atoms with Crippen LogP contribution in [0.4, 0.5) is 0 Å². The van der Waals surface area contributed by atoms with Crippen molar-refractivity contribution in [1.29, 1.82) is 0 Å². The predicted molar refractivity (Wildman–Crippen MR) is 88.8 cm³/mol. The molecule has 0 unspecified atom stereocenters. The number of ketones is 1. The summed E-state index contributed by atoms with van der Waals surface area (Å²) >= 11 is 1.51. The van der Waals surface area contributed by atoms with E-state index in [1.54, 1.807) is 0 Å². The number of hydrogen-bond acceptors (Lipinski definition) is 3. The molecule has 2 nitrogen and oxygen atoms in total. The van der Waals surface area contributed by atoms with Gasteiger partial charge in [-0.05, 0) is 43.0 Å². The lowest BCUT2D eigenvalue weighted by Gasteiger charge is -2.23. The van der Waals surface area contributed by atoms with E-state index in [4.69, 9.17) is 4.74 Å². The molecule has 2 rings (SSSR count). The molecule has 0 atom stereocenters. The van der Waals surface area contributed by atoms with E-state index in [1.165, 1.54) is 16.9 Å². The summed E-state index contributed by atoms with van der Waals surface area (Å²) in [5, 5.41) is 0. The van der Waals surface area contributed by atoms with E-state index in [0.717, 1.165) is 21.1 Å². The third-order valence-electron chi connectivity index (χ3n) is 3.32. The van der Waals surface area contributed by atoms with Crippen LogP contribution in [0.5, 0.6) is 5.75 Å². The van der Waals surface area contributed by atoms with E-state index < -0.39 is 0 Å². The highest BCUT2D eigenvalue weighted by molar-refractivity contribution is 7.14. The standard InChI is InChI=1S/C18H22O2S/c1-12-6-8-16(14(10-12)18(3,4)5)20-11-15(19)17-9-7-13(2)21-17/h6-10H,11H2,1-5H3. The molecule has 0 radical (unpaired) electrons. The number of carbonyl (C=O) groups excluding carboxylic acids is 1. The van der Waals surface area contributed by atoms with Crippen LogP contribution in [-0.2, 0) is 5.41 Å². The molecule has 0 spiro atoms. The molecular weight excluding hydrogens is 280 g/mol. The number of Topliss-reactive ketones (excluding diaryl/α,β-unsaturated/α-hetero) is 1. The molecule has 1 aromatic heterocycles. The van der Waals surface area contributed by atoms with E-state index in [9.17, 15) is 4.79 Å². The van der Waals surface area contributed by atoms with Crippen molar-refractivity contribution < 1.29 is 9.53 Å². The number of rotatable bonds is 4. The van der Waals surface area contributed by atoms with E-state index >= 15 is 0 Å². The normalized spacial score (nSPS) is 11.5. The highest BCUT2D eigenvalue weighted by Crippen LogP contribution is 2.32. The lowest BCUT2D eigenvalue weighted by Crippen LogP contribution is -2.16. The molecule has 0 aliphatic heterocycles. The Morgan fingerprint density at radius 2 is 1.86 bits per heavy atom. The molecule has 0 saturated heterocycles. The third kappa shape index (κ3) is 3.94. The number of hydrogen-bond donors (Lipinski definition) is 0. The molecule has 0 bridgehead atoms. The van der Waals surface area contributed by atoms with E-state index in [1.807, 2.05) is 31.2 Å². The first kappa shape index (κ1) is 15.8. The maximum atomic E-state index is 12.1. The Bertz CT molecular complexity index is 647. The van der Waals surface area contributed by atoms with Gasteiger partial charge in [0.15, 0.2) is 6.61 Å². The average Bonchev–Trinajstić information content (AvgIpc) is 2.82. The Labute approximate surface area is 130 Å². The molecule has 112 valence electrons. The zero-order valence-electron chi connectivity index (χ0n) is 13.3. The van der Waals surface area contributed by atoms with Crippen LogP contribution in [0.1, 0.15) is 46.4 Å². The van der Waals surface area contributed by atoms with Crippen LogP contribution in [0.15, 0.2) is 30.3 Å². The van der Waals surface area contributed by atoms with Gasteiger partial charge in [-0.3, -0.25) is 4.79 Å². The van der Waals surface area contributed by atoms with Gasteiger partial charge in [-0.1, -0.05) is 38.5 Å². The second-order valence-electron chi connectivity index (χ2n) is 6.37. The molecule has 1 heterocycles. The molecule has 0 aliphatic rings. The molecule has 0 N–H and O–H groups in total. The fourth-order valence-electron chi connectivity index (χ4n) is 2.15. The highest BCUT2D eigenvalue weighted by Gasteiger charge is 2.20. The molecule has 0 amide bonds. The fourth-order valence-corrected chi connectivity index (χ4v) is 2.95. The van der Waals surface area contributed by atoms with Gasteiger partial charge in [0.25, 0.3) is 0 Å². The Hall–Kier alpha value is -1.61. The third-order valence-corrected chi connectivity index (χ3v) is 4.36. The summed E-state index contributed by atoms with van der Waals surface area (Å²) < 4.78 is 5.80. The van der Waals surface area contributed by atoms with Crippen molar-refractivity contribution in [1.82, 2.24) is 0 Å². The minimum absolute atomic E-state index is 0.01000. The average molecular weight is 302 g/mol. The second kappa shape index (κ2) is 6.02. The van der Waals surface area contributed by atoms with Gasteiger partial charge in [0, 0.05) is 4.88 Å². The topological polar surface area (TPSA) is 26.3 Å². The van der Waals surface area contributed by atoms with Crippen LogP contribution >= 0.6 is 11.3 Å². The van der Waals surface area contributed by atoms with Gasteiger partial charge in [0.05, 0.1) is 4.88 Å². The molecule has 1 aromatic carbocycles. The zero-order valence-corrected chi connectivity index (χ0v) is 14.1. The van der Waals surface area contributed by atoms with Crippen molar-refractivity contribution in [2.45, 2.75) is 40.0 Å². The SMILES string of the molecule is Cc1ccc(OCC(=O)c2ccc(C)s2)c(C(C)(C)C)c1. The first-order chi connectivity index (χ1) is 9.77. The lowest BCUT2D eigenvalue weighted by molar-refractivity contribution is 0.0924. The first-order valence-corrected chi connectivity index (χ1v) is 7.92. The van der Waals surface area contributed by atoms with Gasteiger partial charge in [0.1, 0.15) is 5.75 Å². The van der Waals surface area contributed by atoms with Gasteiger partial charge in [0.2, 0.25) is 5.78 Å². The highest BCUT2D eigenvalue weighted by atomic mass is 32.1. The molecular formula is C18H22O2S. The van der Waals surface area contributed by atoms with E-state index in [0.29, 0.717) is 0 Å². The summed E-state index contributed by atoms with van der Waals surface area (Å²) in [6.07, 6.45) is 0. The van der Waals surface area contributed by atoms with Gasteiger partial charge < -0.3 is 4.74 Å². The van der Waals surface area contributed by atoms with Crippen LogP contribution in [0.2, 0.25) is 0 Å². The summed E-state index contributed by atoms with van der Waals surface area (Å²) in [5.41, 5.74) is 2.33. The summed E-state index contributed by atoms with van der Waals surface area (Å²) in [4.78, 5) is 14.0. The molecule has 0 aliphatic carbocycles. The monoisotopic (exact) mass is 302 g/mol. The van der Waals surface area contributed by atoms with Crippen molar-refractivity contribution in [3.8, 4) is 5.75 Å². The van der Waals surface area contributed by atoms with Crippen LogP contribution in [0.25, 0.3) is 0 Å². The number of ether oxygens (including phenoxy) is 1. The number of benzene rings is 1. The summed E-state index contributed by atoms with van der Waals surface area (Å²) in [6, 6.07) is 9.94. The summed E-state index contributed by atoms with van der Waals surface area (Å²) in [5.74, 6) is 0.836. The van der Waals surface area contributed by atoms with E-state index in [-0.39, 0.29) is 17.8 Å². The van der Waals surface area contributed by atoms with Crippen molar-refractivity contribution >= 4 is 17.1 Å². The van der Waals surface area contributed by atoms with E-state index in [2.05, 4.69) is 33.8 Å². The second-order valence-corrected chi connectivity index (χ2v) is 7.66. The maximum absolute atomic E-state index is 12.1. The summed E-state index contributed by atoms with van der Waals surface area (Å²) in [7, 11) is 0. The van der Waals surface area contributed by atoms with Crippen LogP contribution in [0, 0.1) is 13.8 Å². The molecule has 0 saturated carbocycles. The Morgan fingerprint density at radius 1 is 1.14 bits per heavy atom. The minimum atomic E-state index is -0.01000.